The molecule has 0 amide bonds. The van der Waals surface area contributed by atoms with Crippen molar-refractivity contribution in [2.24, 2.45) is 0 Å². The molecule has 0 radical (unpaired) electrons. The number of fused-ring (bicyclic) bond motifs is 3. The molecule has 0 aliphatic heterocycles. The second-order valence-electron chi connectivity index (χ2n) is 4.48. The number of hydrogen-bond acceptors (Lipinski definition) is 3. The fraction of sp³-hybridized carbons (Fsp3) is 0.545. The molecule has 0 fully saturated rings. The van der Waals surface area contributed by atoms with Gasteiger partial charge in [0.25, 0.3) is 0 Å². The molecule has 2 heterocycles. The number of aromatic nitrogens is 2. The van der Waals surface area contributed by atoms with Gasteiger partial charge in [-0.05, 0) is 25.2 Å². The van der Waals surface area contributed by atoms with Crippen LogP contribution in [0.5, 0.6) is 0 Å². The first kappa shape index (κ1) is 9.21. The molecule has 0 saturated carbocycles. The highest BCUT2D eigenvalue weighted by Crippen LogP contribution is 2.35. The minimum absolute atomic E-state index is 0.411. The smallest absolute Gasteiger partial charge is 0.196 e. The van der Waals surface area contributed by atoms with Crippen LogP contribution in [0, 0.1) is 0 Å². The third kappa shape index (κ3) is 1.14. The van der Waals surface area contributed by atoms with Crippen molar-refractivity contribution in [3.05, 3.63) is 16.3 Å². The van der Waals surface area contributed by atoms with Crippen LogP contribution >= 0.6 is 11.3 Å². The lowest BCUT2D eigenvalue weighted by Gasteiger charge is -2.02. The number of nitrogen functional groups attached to an aromatic ring is 1. The summed E-state index contributed by atoms with van der Waals surface area (Å²) >= 11 is 1.81. The molecular weight excluding hydrogens is 206 g/mol. The van der Waals surface area contributed by atoms with Crippen LogP contribution in [0.25, 0.3) is 4.96 Å². The summed E-state index contributed by atoms with van der Waals surface area (Å²) in [7, 11) is 0. The SMILES string of the molecule is CC(C)c1nc2sc3c(n2c1N)CCC3. The highest BCUT2D eigenvalue weighted by molar-refractivity contribution is 7.17. The Morgan fingerprint density at radius 2 is 2.20 bits per heavy atom. The van der Waals surface area contributed by atoms with Crippen molar-refractivity contribution < 1.29 is 0 Å². The van der Waals surface area contributed by atoms with Gasteiger partial charge in [-0.1, -0.05) is 13.8 Å². The maximum Gasteiger partial charge on any atom is 0.196 e. The minimum atomic E-state index is 0.411. The van der Waals surface area contributed by atoms with Crippen molar-refractivity contribution in [3.8, 4) is 0 Å². The van der Waals surface area contributed by atoms with E-state index in [9.17, 15) is 0 Å². The molecule has 0 bridgehead atoms. The molecule has 3 rings (SSSR count). The van der Waals surface area contributed by atoms with Crippen LogP contribution in [0.15, 0.2) is 0 Å². The largest absolute Gasteiger partial charge is 0.383 e. The van der Waals surface area contributed by atoms with Gasteiger partial charge in [-0.25, -0.2) is 4.98 Å². The lowest BCUT2D eigenvalue weighted by molar-refractivity contribution is 0.837. The van der Waals surface area contributed by atoms with Gasteiger partial charge in [-0.15, -0.1) is 11.3 Å². The van der Waals surface area contributed by atoms with E-state index in [1.165, 1.54) is 23.4 Å². The first-order valence-electron chi connectivity index (χ1n) is 5.47. The van der Waals surface area contributed by atoms with Crippen molar-refractivity contribution in [3.63, 3.8) is 0 Å². The van der Waals surface area contributed by atoms with Gasteiger partial charge in [0.1, 0.15) is 5.82 Å². The Morgan fingerprint density at radius 1 is 1.40 bits per heavy atom. The van der Waals surface area contributed by atoms with Crippen molar-refractivity contribution >= 4 is 22.1 Å². The first-order chi connectivity index (χ1) is 7.18. The maximum atomic E-state index is 6.16. The van der Waals surface area contributed by atoms with Crippen molar-refractivity contribution in [1.29, 1.82) is 0 Å². The lowest BCUT2D eigenvalue weighted by Crippen LogP contribution is -1.99. The van der Waals surface area contributed by atoms with Crippen molar-refractivity contribution in [2.75, 3.05) is 5.73 Å². The standard InChI is InChI=1S/C11H15N3S/c1-6(2)9-10(12)14-7-4-3-5-8(7)15-11(14)13-9/h6H,3-5,12H2,1-2H3. The van der Waals surface area contributed by atoms with Crippen LogP contribution in [0.3, 0.4) is 0 Å². The fourth-order valence-corrected chi connectivity index (χ4v) is 3.56. The van der Waals surface area contributed by atoms with Crippen LogP contribution in [-0.2, 0) is 12.8 Å². The van der Waals surface area contributed by atoms with Crippen LogP contribution < -0.4 is 5.73 Å². The Balaban J connectivity index is 2.30. The van der Waals surface area contributed by atoms with Gasteiger partial charge in [0.05, 0.1) is 5.69 Å². The Kier molecular flexibility index (Phi) is 1.83. The van der Waals surface area contributed by atoms with Gasteiger partial charge >= 0.3 is 0 Å². The zero-order valence-electron chi connectivity index (χ0n) is 9.08. The molecule has 2 aromatic rings. The fourth-order valence-electron chi connectivity index (χ4n) is 2.34. The molecule has 4 heteroatoms. The van der Waals surface area contributed by atoms with E-state index in [1.807, 2.05) is 11.3 Å². The molecule has 2 N–H and O–H groups in total. The van der Waals surface area contributed by atoms with E-state index in [0.717, 1.165) is 22.9 Å². The maximum absolute atomic E-state index is 6.16. The average molecular weight is 221 g/mol. The zero-order valence-corrected chi connectivity index (χ0v) is 9.90. The molecule has 0 saturated heterocycles. The van der Waals surface area contributed by atoms with Crippen LogP contribution in [0.1, 0.15) is 42.5 Å². The number of anilines is 1. The first-order valence-corrected chi connectivity index (χ1v) is 6.28. The topological polar surface area (TPSA) is 43.3 Å². The third-order valence-electron chi connectivity index (χ3n) is 3.08. The van der Waals surface area contributed by atoms with Crippen LogP contribution in [0.2, 0.25) is 0 Å². The monoisotopic (exact) mass is 221 g/mol. The molecular formula is C11H15N3S. The number of nitrogens with zero attached hydrogens (tertiary/aromatic N) is 2. The van der Waals surface area contributed by atoms with Crippen LogP contribution in [0.4, 0.5) is 5.82 Å². The summed E-state index contributed by atoms with van der Waals surface area (Å²) in [5, 5.41) is 0. The normalized spacial score (nSPS) is 15.4. The molecule has 0 spiro atoms. The molecule has 3 nitrogen and oxygen atoms in total. The van der Waals surface area contributed by atoms with E-state index >= 15 is 0 Å². The minimum Gasteiger partial charge on any atom is -0.383 e. The highest BCUT2D eigenvalue weighted by atomic mass is 32.1. The van der Waals surface area contributed by atoms with E-state index in [0.29, 0.717) is 5.92 Å². The summed E-state index contributed by atoms with van der Waals surface area (Å²) in [4.78, 5) is 7.20. The highest BCUT2D eigenvalue weighted by Gasteiger charge is 2.22. The molecule has 15 heavy (non-hydrogen) atoms. The zero-order chi connectivity index (χ0) is 10.6. The number of rotatable bonds is 1. The molecule has 0 aromatic carbocycles. The third-order valence-corrected chi connectivity index (χ3v) is 4.22. The number of aryl methyl sites for hydroxylation is 2. The van der Waals surface area contributed by atoms with E-state index in [1.54, 1.807) is 0 Å². The summed E-state index contributed by atoms with van der Waals surface area (Å²) in [6.07, 6.45) is 3.64. The predicted octanol–water partition coefficient (Wildman–Crippen LogP) is 2.59. The number of thiazole rings is 1. The summed E-state index contributed by atoms with van der Waals surface area (Å²) in [5.41, 5.74) is 8.63. The van der Waals surface area contributed by atoms with Gasteiger partial charge in [-0.2, -0.15) is 0 Å². The Bertz CT molecular complexity index is 521. The summed E-state index contributed by atoms with van der Waals surface area (Å²) in [6.45, 7) is 4.28. The molecule has 0 unspecified atom stereocenters. The Hall–Kier alpha value is -1.03. The van der Waals surface area contributed by atoms with E-state index in [-0.39, 0.29) is 0 Å². The Morgan fingerprint density at radius 3 is 2.93 bits per heavy atom. The quantitative estimate of drug-likeness (QED) is 0.804. The second-order valence-corrected chi connectivity index (χ2v) is 5.54. The molecule has 80 valence electrons. The molecule has 1 aliphatic carbocycles. The van der Waals surface area contributed by atoms with Crippen molar-refractivity contribution in [1.82, 2.24) is 9.38 Å². The molecule has 2 aromatic heterocycles. The van der Waals surface area contributed by atoms with E-state index < -0.39 is 0 Å². The average Bonchev–Trinajstić information content (AvgIpc) is 2.76. The van der Waals surface area contributed by atoms with Gasteiger partial charge in [-0.3, -0.25) is 4.40 Å². The predicted molar refractivity (Wildman–Crippen MR) is 63.6 cm³/mol. The number of imidazole rings is 1. The summed E-state index contributed by atoms with van der Waals surface area (Å²) in [5.74, 6) is 1.27. The van der Waals surface area contributed by atoms with Gasteiger partial charge in [0, 0.05) is 10.6 Å². The number of hydrogen-bond donors (Lipinski definition) is 1. The molecule has 0 atom stereocenters. The summed E-state index contributed by atoms with van der Waals surface area (Å²) in [6, 6.07) is 0. The summed E-state index contributed by atoms with van der Waals surface area (Å²) < 4.78 is 2.17. The Labute approximate surface area is 92.9 Å². The van der Waals surface area contributed by atoms with Crippen molar-refractivity contribution in [2.45, 2.75) is 39.0 Å². The molecule has 1 aliphatic rings. The van der Waals surface area contributed by atoms with Gasteiger partial charge in [0.2, 0.25) is 0 Å². The number of nitrogens with two attached hydrogens (primary N) is 1. The van der Waals surface area contributed by atoms with E-state index in [4.69, 9.17) is 5.73 Å². The van der Waals surface area contributed by atoms with E-state index in [2.05, 4.69) is 23.2 Å². The van der Waals surface area contributed by atoms with Crippen LogP contribution in [-0.4, -0.2) is 9.38 Å². The van der Waals surface area contributed by atoms with Gasteiger partial charge < -0.3 is 5.73 Å². The lowest BCUT2D eigenvalue weighted by atomic mass is 10.1. The van der Waals surface area contributed by atoms with Gasteiger partial charge in [0.15, 0.2) is 4.96 Å². The second kappa shape index (κ2) is 2.98.